The molecule has 1 atom stereocenters. The maximum Gasteiger partial charge on any atom is 0.254 e. The lowest BCUT2D eigenvalue weighted by Crippen LogP contribution is -2.37. The summed E-state index contributed by atoms with van der Waals surface area (Å²) in [5.74, 6) is 0.426. The van der Waals surface area contributed by atoms with E-state index < -0.39 is 6.04 Å². The van der Waals surface area contributed by atoms with E-state index in [1.165, 1.54) is 6.92 Å². The van der Waals surface area contributed by atoms with E-state index >= 15 is 0 Å². The van der Waals surface area contributed by atoms with Gasteiger partial charge in [0.1, 0.15) is 11.8 Å². The fourth-order valence-corrected chi connectivity index (χ4v) is 3.32. The van der Waals surface area contributed by atoms with Gasteiger partial charge in [-0.25, -0.2) is 0 Å². The SMILES string of the molecule is CC(=O)N[C@@H]1C(=O)N(CCCOc2ccc(Cl)cc2)c2c(C)cccc21. The highest BCUT2D eigenvalue weighted by Gasteiger charge is 2.38. The number of nitrogens with zero attached hydrogens (tertiary/aromatic N) is 1. The molecule has 0 bridgehead atoms. The van der Waals surface area contributed by atoms with E-state index in [0.29, 0.717) is 24.6 Å². The smallest absolute Gasteiger partial charge is 0.254 e. The van der Waals surface area contributed by atoms with Crippen LogP contribution >= 0.6 is 11.6 Å². The lowest BCUT2D eigenvalue weighted by atomic mass is 10.1. The van der Waals surface area contributed by atoms with Crippen molar-refractivity contribution in [3.05, 3.63) is 58.6 Å². The van der Waals surface area contributed by atoms with Crippen LogP contribution in [0.15, 0.2) is 42.5 Å². The van der Waals surface area contributed by atoms with E-state index in [-0.39, 0.29) is 11.8 Å². The molecular weight excluding hydrogens is 352 g/mol. The first-order chi connectivity index (χ1) is 12.5. The van der Waals surface area contributed by atoms with Crippen LogP contribution in [0.25, 0.3) is 0 Å². The van der Waals surface area contributed by atoms with Crippen molar-refractivity contribution in [3.63, 3.8) is 0 Å². The number of hydrogen-bond acceptors (Lipinski definition) is 3. The molecular formula is C20H21ClN2O3. The van der Waals surface area contributed by atoms with Crippen LogP contribution in [0.3, 0.4) is 0 Å². The van der Waals surface area contributed by atoms with Crippen LogP contribution in [-0.2, 0) is 9.59 Å². The van der Waals surface area contributed by atoms with E-state index in [4.69, 9.17) is 16.3 Å². The number of anilines is 1. The van der Waals surface area contributed by atoms with E-state index in [1.54, 1.807) is 17.0 Å². The number of amides is 2. The van der Waals surface area contributed by atoms with Crippen LogP contribution < -0.4 is 15.0 Å². The first-order valence-corrected chi connectivity index (χ1v) is 8.91. The summed E-state index contributed by atoms with van der Waals surface area (Å²) in [6.45, 7) is 4.41. The van der Waals surface area contributed by atoms with Gasteiger partial charge in [0.25, 0.3) is 5.91 Å². The molecule has 0 aromatic heterocycles. The van der Waals surface area contributed by atoms with Crippen LogP contribution in [0.5, 0.6) is 5.75 Å². The number of rotatable bonds is 6. The van der Waals surface area contributed by atoms with Gasteiger partial charge in [0.05, 0.1) is 12.3 Å². The highest BCUT2D eigenvalue weighted by molar-refractivity contribution is 6.30. The highest BCUT2D eigenvalue weighted by Crippen LogP contribution is 2.38. The van der Waals surface area contributed by atoms with Crippen molar-refractivity contribution in [3.8, 4) is 5.75 Å². The van der Waals surface area contributed by atoms with Crippen LogP contribution in [0, 0.1) is 6.92 Å². The number of aryl methyl sites for hydroxylation is 1. The molecule has 136 valence electrons. The molecule has 0 fully saturated rings. The first-order valence-electron chi connectivity index (χ1n) is 8.53. The summed E-state index contributed by atoms with van der Waals surface area (Å²) >= 11 is 5.86. The van der Waals surface area contributed by atoms with Crippen molar-refractivity contribution < 1.29 is 14.3 Å². The number of fused-ring (bicyclic) bond motifs is 1. The second-order valence-electron chi connectivity index (χ2n) is 6.29. The molecule has 0 saturated carbocycles. The summed E-state index contributed by atoms with van der Waals surface area (Å²) in [7, 11) is 0. The van der Waals surface area contributed by atoms with E-state index in [1.807, 2.05) is 37.3 Å². The zero-order valence-corrected chi connectivity index (χ0v) is 15.5. The minimum atomic E-state index is -0.611. The summed E-state index contributed by atoms with van der Waals surface area (Å²) < 4.78 is 5.70. The molecule has 2 aromatic rings. The topological polar surface area (TPSA) is 58.6 Å². The molecule has 1 aliphatic heterocycles. The molecule has 26 heavy (non-hydrogen) atoms. The van der Waals surface area contributed by atoms with Crippen LogP contribution in [0.1, 0.15) is 30.5 Å². The molecule has 0 radical (unpaired) electrons. The van der Waals surface area contributed by atoms with E-state index in [2.05, 4.69) is 5.32 Å². The van der Waals surface area contributed by atoms with Gasteiger partial charge >= 0.3 is 0 Å². The molecule has 0 aliphatic carbocycles. The Morgan fingerprint density at radius 1 is 1.23 bits per heavy atom. The highest BCUT2D eigenvalue weighted by atomic mass is 35.5. The molecule has 1 heterocycles. The molecule has 5 nitrogen and oxygen atoms in total. The zero-order chi connectivity index (χ0) is 18.7. The Labute approximate surface area is 157 Å². The van der Waals surface area contributed by atoms with Crippen molar-refractivity contribution in [2.24, 2.45) is 0 Å². The standard InChI is InChI=1S/C20H21ClN2O3/c1-13-5-3-6-17-18(22-14(2)24)20(25)23(19(13)17)11-4-12-26-16-9-7-15(21)8-10-16/h3,5-10,18H,4,11-12H2,1-2H3,(H,22,24)/t18-/m0/s1. The normalized spacial score (nSPS) is 15.7. The fourth-order valence-electron chi connectivity index (χ4n) is 3.19. The predicted molar refractivity (Wildman–Crippen MR) is 102 cm³/mol. The second-order valence-corrected chi connectivity index (χ2v) is 6.73. The number of para-hydroxylation sites is 1. The molecule has 1 N–H and O–H groups in total. The Balaban J connectivity index is 1.66. The number of halogens is 1. The number of carbonyl (C=O) groups excluding carboxylic acids is 2. The third-order valence-corrected chi connectivity index (χ3v) is 4.57. The third kappa shape index (κ3) is 3.83. The van der Waals surface area contributed by atoms with Crippen LogP contribution in [-0.4, -0.2) is 25.0 Å². The van der Waals surface area contributed by atoms with Gasteiger partial charge in [-0.3, -0.25) is 9.59 Å². The summed E-state index contributed by atoms with van der Waals surface area (Å²) in [5, 5.41) is 3.42. The maximum absolute atomic E-state index is 12.8. The van der Waals surface area contributed by atoms with Crippen molar-refractivity contribution in [1.29, 1.82) is 0 Å². The Morgan fingerprint density at radius 3 is 2.65 bits per heavy atom. The summed E-state index contributed by atoms with van der Waals surface area (Å²) in [6, 6.07) is 12.3. The lowest BCUT2D eigenvalue weighted by molar-refractivity contribution is -0.126. The third-order valence-electron chi connectivity index (χ3n) is 4.32. The maximum atomic E-state index is 12.8. The average molecular weight is 373 g/mol. The van der Waals surface area contributed by atoms with Crippen LogP contribution in [0.4, 0.5) is 5.69 Å². The molecule has 1 aliphatic rings. The van der Waals surface area contributed by atoms with Gasteiger partial charge < -0.3 is 15.0 Å². The molecule has 0 unspecified atom stereocenters. The van der Waals surface area contributed by atoms with Crippen molar-refractivity contribution in [2.75, 3.05) is 18.1 Å². The zero-order valence-electron chi connectivity index (χ0n) is 14.8. The Bertz CT molecular complexity index is 820. The lowest BCUT2D eigenvalue weighted by Gasteiger charge is -2.19. The monoisotopic (exact) mass is 372 g/mol. The quantitative estimate of drug-likeness (QED) is 0.787. The molecule has 2 amide bonds. The van der Waals surface area contributed by atoms with Gasteiger partial charge in [-0.15, -0.1) is 0 Å². The van der Waals surface area contributed by atoms with Gasteiger partial charge in [-0.1, -0.05) is 29.8 Å². The van der Waals surface area contributed by atoms with Gasteiger partial charge in [0.15, 0.2) is 0 Å². The number of nitrogens with one attached hydrogen (secondary N) is 1. The van der Waals surface area contributed by atoms with Crippen molar-refractivity contribution >= 4 is 29.1 Å². The van der Waals surface area contributed by atoms with Gasteiger partial charge in [-0.05, 0) is 43.2 Å². The minimum absolute atomic E-state index is 0.101. The molecule has 2 aromatic carbocycles. The second kappa shape index (κ2) is 7.79. The van der Waals surface area contributed by atoms with E-state index in [9.17, 15) is 9.59 Å². The Hall–Kier alpha value is -2.53. The predicted octanol–water partition coefficient (Wildman–Crippen LogP) is 3.64. The summed E-state index contributed by atoms with van der Waals surface area (Å²) in [6.07, 6.45) is 0.676. The molecule has 0 spiro atoms. The molecule has 6 heteroatoms. The van der Waals surface area contributed by atoms with Crippen LogP contribution in [0.2, 0.25) is 5.02 Å². The fraction of sp³-hybridized carbons (Fsp3) is 0.300. The van der Waals surface area contributed by atoms with Gasteiger partial charge in [-0.2, -0.15) is 0 Å². The molecule has 3 rings (SSSR count). The number of carbonyl (C=O) groups is 2. The first kappa shape index (κ1) is 18.3. The van der Waals surface area contributed by atoms with Gasteiger partial charge in [0, 0.05) is 24.1 Å². The minimum Gasteiger partial charge on any atom is -0.494 e. The number of hydrogen-bond donors (Lipinski definition) is 1. The Morgan fingerprint density at radius 2 is 1.96 bits per heavy atom. The Kier molecular flexibility index (Phi) is 5.47. The van der Waals surface area contributed by atoms with Crippen molar-refractivity contribution in [1.82, 2.24) is 5.32 Å². The van der Waals surface area contributed by atoms with Crippen molar-refractivity contribution in [2.45, 2.75) is 26.3 Å². The summed E-state index contributed by atoms with van der Waals surface area (Å²) in [4.78, 5) is 26.0. The number of benzene rings is 2. The van der Waals surface area contributed by atoms with E-state index in [0.717, 1.165) is 22.6 Å². The number of ether oxygens (including phenoxy) is 1. The average Bonchev–Trinajstić information content (AvgIpc) is 2.86. The molecule has 0 saturated heterocycles. The summed E-state index contributed by atoms with van der Waals surface area (Å²) in [5.41, 5.74) is 2.76. The van der Waals surface area contributed by atoms with Gasteiger partial charge in [0.2, 0.25) is 5.91 Å². The largest absolute Gasteiger partial charge is 0.494 e.